The molecule has 1 atom stereocenters. The maximum absolute atomic E-state index is 12.1. The van der Waals surface area contributed by atoms with Crippen LogP contribution in [-0.4, -0.2) is 41.9 Å². The van der Waals surface area contributed by atoms with Gasteiger partial charge in [0, 0.05) is 0 Å². The summed E-state index contributed by atoms with van der Waals surface area (Å²) in [7, 11) is -3.38. The normalized spacial score (nSPS) is 25.8. The Morgan fingerprint density at radius 3 is 2.42 bits per heavy atom. The van der Waals surface area contributed by atoms with Crippen molar-refractivity contribution in [3.63, 3.8) is 0 Å². The topological polar surface area (TPSA) is 80.8 Å². The molecule has 0 radical (unpaired) electrons. The van der Waals surface area contributed by atoms with Crippen molar-refractivity contribution < 1.29 is 22.7 Å². The number of sulfone groups is 1. The van der Waals surface area contributed by atoms with Crippen LogP contribution in [0.3, 0.4) is 0 Å². The third kappa shape index (κ3) is 2.39. The number of β-lactam (4-membered cyclic amide) rings is 1. The Kier molecular flexibility index (Phi) is 3.00. The Morgan fingerprint density at radius 2 is 1.95 bits per heavy atom. The van der Waals surface area contributed by atoms with Crippen LogP contribution in [0.2, 0.25) is 0 Å². The summed E-state index contributed by atoms with van der Waals surface area (Å²) in [5, 5.41) is -0.897. The summed E-state index contributed by atoms with van der Waals surface area (Å²) >= 11 is 0. The predicted molar refractivity (Wildman–Crippen MR) is 67.6 cm³/mol. The van der Waals surface area contributed by atoms with Gasteiger partial charge in [-0.1, -0.05) is 0 Å². The Balaban J connectivity index is 2.38. The number of carbonyl (C=O) groups excluding carboxylic acids is 2. The van der Waals surface area contributed by atoms with Crippen molar-refractivity contribution >= 4 is 21.7 Å². The van der Waals surface area contributed by atoms with Crippen LogP contribution in [0, 0.1) is 0 Å². The molecule has 2 aliphatic rings. The fraction of sp³-hybridized carbons (Fsp3) is 0.667. The monoisotopic (exact) mass is 287 g/mol. The minimum Gasteiger partial charge on any atom is -0.455 e. The molecule has 2 aliphatic heterocycles. The quantitative estimate of drug-likeness (QED) is 0.521. The number of fused-ring (bicyclic) bond motifs is 1. The van der Waals surface area contributed by atoms with Gasteiger partial charge in [-0.05, 0) is 33.3 Å². The van der Waals surface area contributed by atoms with Crippen LogP contribution in [0.25, 0.3) is 0 Å². The van der Waals surface area contributed by atoms with Gasteiger partial charge in [-0.3, -0.25) is 9.69 Å². The first-order valence-electron chi connectivity index (χ1n) is 5.99. The average Bonchev–Trinajstić information content (AvgIpc) is 2.16. The van der Waals surface area contributed by atoms with Crippen LogP contribution in [0.4, 0.5) is 0 Å². The molecular formula is C12H17NO5S. The molecule has 6 nitrogen and oxygen atoms in total. The van der Waals surface area contributed by atoms with E-state index in [-0.39, 0.29) is 23.8 Å². The lowest BCUT2D eigenvalue weighted by Gasteiger charge is -2.44. The van der Waals surface area contributed by atoms with Crippen LogP contribution >= 0.6 is 0 Å². The molecule has 1 saturated heterocycles. The average molecular weight is 287 g/mol. The molecule has 0 saturated carbocycles. The van der Waals surface area contributed by atoms with E-state index in [9.17, 15) is 18.0 Å². The molecule has 106 valence electrons. The SMILES string of the molecule is CC1=C(C(=O)OC(C)(C)C)N2C(=O)CC2S(=O)(=O)C1. The first kappa shape index (κ1) is 14.0. The molecule has 2 rings (SSSR count). The van der Waals surface area contributed by atoms with Crippen molar-refractivity contribution in [2.45, 2.75) is 45.1 Å². The highest BCUT2D eigenvalue weighted by Crippen LogP contribution is 2.36. The first-order valence-corrected chi connectivity index (χ1v) is 7.71. The lowest BCUT2D eigenvalue weighted by atomic mass is 10.1. The summed E-state index contributed by atoms with van der Waals surface area (Å²) in [6.45, 7) is 6.69. The molecule has 0 aromatic carbocycles. The van der Waals surface area contributed by atoms with Crippen molar-refractivity contribution in [2.75, 3.05) is 5.75 Å². The van der Waals surface area contributed by atoms with Crippen LogP contribution in [-0.2, 0) is 24.2 Å². The fourth-order valence-corrected chi connectivity index (χ4v) is 4.09. The molecule has 0 aromatic rings. The molecule has 2 heterocycles. The maximum Gasteiger partial charge on any atom is 0.355 e. The lowest BCUT2D eigenvalue weighted by Crippen LogP contribution is -2.60. The van der Waals surface area contributed by atoms with E-state index in [1.807, 2.05) is 0 Å². The maximum atomic E-state index is 12.1. The molecule has 0 spiro atoms. The van der Waals surface area contributed by atoms with Crippen molar-refractivity contribution in [3.8, 4) is 0 Å². The third-order valence-electron chi connectivity index (χ3n) is 2.98. The highest BCUT2D eigenvalue weighted by atomic mass is 32.2. The molecule has 19 heavy (non-hydrogen) atoms. The molecule has 0 bridgehead atoms. The molecule has 1 amide bonds. The van der Waals surface area contributed by atoms with E-state index in [2.05, 4.69) is 0 Å². The van der Waals surface area contributed by atoms with Crippen LogP contribution in [0.5, 0.6) is 0 Å². The zero-order valence-electron chi connectivity index (χ0n) is 11.4. The number of rotatable bonds is 1. The van der Waals surface area contributed by atoms with Gasteiger partial charge in [0.1, 0.15) is 16.7 Å². The van der Waals surface area contributed by atoms with Gasteiger partial charge in [0.05, 0.1) is 12.2 Å². The van der Waals surface area contributed by atoms with E-state index >= 15 is 0 Å². The number of nitrogens with zero attached hydrogens (tertiary/aromatic N) is 1. The molecular weight excluding hydrogens is 270 g/mol. The van der Waals surface area contributed by atoms with Gasteiger partial charge in [0.15, 0.2) is 9.84 Å². The minimum absolute atomic E-state index is 0.0537. The van der Waals surface area contributed by atoms with Gasteiger partial charge >= 0.3 is 5.97 Å². The minimum atomic E-state index is -3.38. The largest absolute Gasteiger partial charge is 0.455 e. The van der Waals surface area contributed by atoms with Gasteiger partial charge in [-0.15, -0.1) is 0 Å². The second kappa shape index (κ2) is 4.06. The first-order chi connectivity index (χ1) is 8.53. The summed E-state index contributed by atoms with van der Waals surface area (Å²) in [6, 6.07) is 0. The fourth-order valence-electron chi connectivity index (χ4n) is 2.21. The zero-order chi connectivity index (χ0) is 14.6. The Bertz CT molecular complexity index is 582. The van der Waals surface area contributed by atoms with Crippen molar-refractivity contribution in [3.05, 3.63) is 11.3 Å². The summed E-state index contributed by atoms with van der Waals surface area (Å²) in [5.74, 6) is -1.19. The van der Waals surface area contributed by atoms with Crippen LogP contribution in [0.15, 0.2) is 11.3 Å². The number of carbonyl (C=O) groups is 2. The van der Waals surface area contributed by atoms with Gasteiger partial charge in [-0.25, -0.2) is 13.2 Å². The molecule has 0 N–H and O–H groups in total. The Labute approximate surface area is 112 Å². The molecule has 1 fully saturated rings. The van der Waals surface area contributed by atoms with E-state index in [4.69, 9.17) is 4.74 Å². The number of amides is 1. The van der Waals surface area contributed by atoms with Gasteiger partial charge in [0.25, 0.3) is 0 Å². The number of hydrogen-bond donors (Lipinski definition) is 0. The Morgan fingerprint density at radius 1 is 1.37 bits per heavy atom. The summed E-state index contributed by atoms with van der Waals surface area (Å²) < 4.78 is 29.0. The number of hydrogen-bond acceptors (Lipinski definition) is 5. The smallest absolute Gasteiger partial charge is 0.355 e. The van der Waals surface area contributed by atoms with E-state index < -0.39 is 26.8 Å². The van der Waals surface area contributed by atoms with Crippen molar-refractivity contribution in [1.82, 2.24) is 4.90 Å². The van der Waals surface area contributed by atoms with Gasteiger partial charge in [0.2, 0.25) is 5.91 Å². The van der Waals surface area contributed by atoms with Gasteiger partial charge in [-0.2, -0.15) is 0 Å². The molecule has 7 heteroatoms. The van der Waals surface area contributed by atoms with E-state index in [1.165, 1.54) is 0 Å². The summed E-state index contributed by atoms with van der Waals surface area (Å²) in [6.07, 6.45) is -0.0537. The van der Waals surface area contributed by atoms with Gasteiger partial charge < -0.3 is 4.74 Å². The summed E-state index contributed by atoms with van der Waals surface area (Å²) in [5.41, 5.74) is -0.242. The van der Waals surface area contributed by atoms with Crippen LogP contribution in [0.1, 0.15) is 34.1 Å². The number of esters is 1. The van der Waals surface area contributed by atoms with E-state index in [1.54, 1.807) is 27.7 Å². The van der Waals surface area contributed by atoms with Crippen LogP contribution < -0.4 is 0 Å². The van der Waals surface area contributed by atoms with Crippen molar-refractivity contribution in [2.24, 2.45) is 0 Å². The standard InChI is InChI=1S/C12H17NO5S/c1-7-6-19(16,17)9-5-8(14)13(9)10(7)11(15)18-12(2,3)4/h9H,5-6H2,1-4H3. The molecule has 0 aliphatic carbocycles. The lowest BCUT2D eigenvalue weighted by molar-refractivity contribution is -0.157. The Hall–Kier alpha value is -1.37. The second-order valence-electron chi connectivity index (χ2n) is 5.86. The highest BCUT2D eigenvalue weighted by molar-refractivity contribution is 7.92. The molecule has 1 unspecified atom stereocenters. The van der Waals surface area contributed by atoms with Crippen molar-refractivity contribution in [1.29, 1.82) is 0 Å². The van der Waals surface area contributed by atoms with E-state index in [0.29, 0.717) is 5.57 Å². The van der Waals surface area contributed by atoms with E-state index in [0.717, 1.165) is 4.90 Å². The second-order valence-corrected chi connectivity index (χ2v) is 8.02. The zero-order valence-corrected chi connectivity index (χ0v) is 12.2. The summed E-state index contributed by atoms with van der Waals surface area (Å²) in [4.78, 5) is 24.8. The predicted octanol–water partition coefficient (Wildman–Crippen LogP) is 0.589. The highest BCUT2D eigenvalue weighted by Gasteiger charge is 2.52. The molecule has 0 aromatic heterocycles. The third-order valence-corrected chi connectivity index (χ3v) is 5.02. The number of ether oxygens (including phenoxy) is 1.